The van der Waals surface area contributed by atoms with Crippen molar-refractivity contribution in [3.63, 3.8) is 0 Å². The Balaban J connectivity index is 1.22. The number of nitrogens with zero attached hydrogens (tertiary/aromatic N) is 1. The maximum absolute atomic E-state index is 6.06. The summed E-state index contributed by atoms with van der Waals surface area (Å²) in [5.41, 5.74) is 1.71. The summed E-state index contributed by atoms with van der Waals surface area (Å²) in [6.45, 7) is 2.88. The van der Waals surface area contributed by atoms with Gasteiger partial charge in [-0.25, -0.2) is 0 Å². The van der Waals surface area contributed by atoms with Gasteiger partial charge < -0.3 is 20.1 Å². The van der Waals surface area contributed by atoms with Gasteiger partial charge in [-0.15, -0.1) is 0 Å². The van der Waals surface area contributed by atoms with Gasteiger partial charge in [-0.05, 0) is 76.5 Å². The van der Waals surface area contributed by atoms with Crippen LogP contribution < -0.4 is 10.6 Å². The average Bonchev–Trinajstić information content (AvgIpc) is 3.15. The maximum atomic E-state index is 6.06. The molecule has 2 N–H and O–H groups in total. The van der Waals surface area contributed by atoms with Crippen LogP contribution in [0.2, 0.25) is 0 Å². The second-order valence-corrected chi connectivity index (χ2v) is 9.19. The van der Waals surface area contributed by atoms with Crippen molar-refractivity contribution in [2.24, 2.45) is 10.9 Å². The number of epoxide rings is 1. The molecule has 4 aliphatic heterocycles. The number of aliphatic imine (C=N–C) groups is 1. The van der Waals surface area contributed by atoms with Gasteiger partial charge in [-0.3, -0.25) is 4.99 Å². The van der Waals surface area contributed by atoms with E-state index in [-0.39, 0.29) is 0 Å². The Bertz CT molecular complexity index is 560. The lowest BCUT2D eigenvalue weighted by Crippen LogP contribution is -2.54. The third-order valence-corrected chi connectivity index (χ3v) is 7.26. The van der Waals surface area contributed by atoms with E-state index in [0.29, 0.717) is 36.4 Å². The Morgan fingerprint density at radius 1 is 1.11 bits per heavy atom. The van der Waals surface area contributed by atoms with E-state index in [4.69, 9.17) is 14.5 Å². The minimum Gasteiger partial charge on any atom is -0.375 e. The average molecular weight is 374 g/mol. The highest BCUT2D eigenvalue weighted by Crippen LogP contribution is 2.37. The van der Waals surface area contributed by atoms with Gasteiger partial charge in [-0.2, -0.15) is 0 Å². The van der Waals surface area contributed by atoms with Gasteiger partial charge in [0.1, 0.15) is 6.10 Å². The van der Waals surface area contributed by atoms with Crippen molar-refractivity contribution in [1.29, 1.82) is 0 Å². The number of rotatable bonds is 6. The molecule has 0 aromatic carbocycles. The van der Waals surface area contributed by atoms with Gasteiger partial charge in [0.25, 0.3) is 0 Å². The van der Waals surface area contributed by atoms with E-state index in [1.54, 1.807) is 5.57 Å². The van der Waals surface area contributed by atoms with E-state index in [2.05, 4.69) is 22.9 Å². The van der Waals surface area contributed by atoms with Gasteiger partial charge in [0.05, 0.1) is 25.4 Å². The van der Waals surface area contributed by atoms with Crippen LogP contribution in [-0.4, -0.2) is 62.3 Å². The zero-order chi connectivity index (χ0) is 18.1. The lowest BCUT2D eigenvalue weighted by Gasteiger charge is -2.39. The smallest absolute Gasteiger partial charge is 0.104 e. The van der Waals surface area contributed by atoms with Gasteiger partial charge in [0.15, 0.2) is 0 Å². The van der Waals surface area contributed by atoms with Gasteiger partial charge in [0, 0.05) is 18.1 Å². The zero-order valence-corrected chi connectivity index (χ0v) is 16.4. The van der Waals surface area contributed by atoms with Crippen LogP contribution in [0, 0.1) is 5.92 Å². The maximum Gasteiger partial charge on any atom is 0.104 e. The fraction of sp³-hybridized carbons (Fsp3) is 0.864. The Labute approximate surface area is 163 Å². The quantitative estimate of drug-likeness (QED) is 0.555. The number of hydrogen-bond acceptors (Lipinski definition) is 5. The molecule has 1 saturated carbocycles. The molecule has 5 nitrogen and oxygen atoms in total. The van der Waals surface area contributed by atoms with E-state index >= 15 is 0 Å². The molecule has 5 atom stereocenters. The summed E-state index contributed by atoms with van der Waals surface area (Å²) < 4.78 is 11.3. The molecular weight excluding hydrogens is 338 g/mol. The second kappa shape index (κ2) is 8.32. The second-order valence-electron chi connectivity index (χ2n) is 9.19. The molecular formula is C22H35N3O2. The Morgan fingerprint density at radius 3 is 2.70 bits per heavy atom. The van der Waals surface area contributed by atoms with E-state index in [9.17, 15) is 0 Å². The Hall–Kier alpha value is -0.750. The highest BCUT2D eigenvalue weighted by atomic mass is 16.6. The van der Waals surface area contributed by atoms with Crippen LogP contribution in [0.1, 0.15) is 57.8 Å². The molecule has 0 bridgehead atoms. The molecule has 1 aliphatic carbocycles. The Morgan fingerprint density at radius 2 is 2.00 bits per heavy atom. The van der Waals surface area contributed by atoms with Crippen LogP contribution in [0.3, 0.4) is 0 Å². The predicted octanol–water partition coefficient (Wildman–Crippen LogP) is 2.60. The summed E-state index contributed by atoms with van der Waals surface area (Å²) in [5.74, 6) is 0.751. The topological polar surface area (TPSA) is 58.2 Å². The van der Waals surface area contributed by atoms with E-state index in [0.717, 1.165) is 25.6 Å². The van der Waals surface area contributed by atoms with Crippen molar-refractivity contribution in [3.05, 3.63) is 11.6 Å². The highest BCUT2D eigenvalue weighted by Gasteiger charge is 2.36. The normalized spacial score (nSPS) is 44.4. The van der Waals surface area contributed by atoms with Crippen molar-refractivity contribution < 1.29 is 9.47 Å². The molecule has 0 radical (unpaired) electrons. The van der Waals surface area contributed by atoms with Crippen LogP contribution in [0.25, 0.3) is 0 Å². The van der Waals surface area contributed by atoms with Crippen molar-refractivity contribution >= 4 is 6.21 Å². The van der Waals surface area contributed by atoms with Crippen LogP contribution in [0.4, 0.5) is 0 Å². The summed E-state index contributed by atoms with van der Waals surface area (Å²) >= 11 is 0. The summed E-state index contributed by atoms with van der Waals surface area (Å²) in [5, 5.41) is 7.69. The number of ether oxygens (including phenoxy) is 2. The van der Waals surface area contributed by atoms with E-state index in [1.807, 2.05) is 0 Å². The first-order chi connectivity index (χ1) is 13.3. The molecule has 0 spiro atoms. The standard InChI is InChI=1S/C22H35N3O2/c1-3-19(23-9-1)21-11-16(12-22(25-21)20-4-2-10-24-20)15-5-7-17(8-6-15)26-13-18-14-27-18/h9,12,15,17-22,24-25H,1-8,10-11,13-14H2. The van der Waals surface area contributed by atoms with E-state index in [1.165, 1.54) is 57.9 Å². The first-order valence-corrected chi connectivity index (χ1v) is 11.3. The van der Waals surface area contributed by atoms with Gasteiger partial charge in [-0.1, -0.05) is 11.6 Å². The van der Waals surface area contributed by atoms with Crippen molar-refractivity contribution in [3.8, 4) is 0 Å². The Kier molecular flexibility index (Phi) is 5.63. The molecule has 5 unspecified atom stereocenters. The molecule has 5 heteroatoms. The molecule has 2 saturated heterocycles. The third kappa shape index (κ3) is 4.47. The van der Waals surface area contributed by atoms with Gasteiger partial charge in [0.2, 0.25) is 0 Å². The monoisotopic (exact) mass is 373 g/mol. The van der Waals surface area contributed by atoms with Crippen molar-refractivity contribution in [2.75, 3.05) is 19.8 Å². The lowest BCUT2D eigenvalue weighted by molar-refractivity contribution is 0.0129. The SMILES string of the molecule is C1=NC(C2CC(C3CCC(OCC4CO4)CC3)=CC(C3CCCN3)N2)CC1. The van der Waals surface area contributed by atoms with Crippen LogP contribution >= 0.6 is 0 Å². The molecule has 27 heavy (non-hydrogen) atoms. The summed E-state index contributed by atoms with van der Waals surface area (Å²) in [4.78, 5) is 4.79. The zero-order valence-electron chi connectivity index (χ0n) is 16.4. The molecule has 0 aromatic rings. The molecule has 3 fully saturated rings. The first-order valence-electron chi connectivity index (χ1n) is 11.3. The molecule has 5 aliphatic rings. The molecule has 5 rings (SSSR count). The fourth-order valence-corrected chi connectivity index (χ4v) is 5.55. The van der Waals surface area contributed by atoms with Crippen LogP contribution in [0.5, 0.6) is 0 Å². The molecule has 4 heterocycles. The van der Waals surface area contributed by atoms with Crippen molar-refractivity contribution in [2.45, 2.75) is 94.2 Å². The minimum absolute atomic E-state index is 0.391. The summed E-state index contributed by atoms with van der Waals surface area (Å²) in [6, 6.07) is 2.09. The largest absolute Gasteiger partial charge is 0.375 e. The third-order valence-electron chi connectivity index (χ3n) is 7.26. The fourth-order valence-electron chi connectivity index (χ4n) is 5.55. The predicted molar refractivity (Wildman–Crippen MR) is 107 cm³/mol. The lowest BCUT2D eigenvalue weighted by atomic mass is 9.76. The first kappa shape index (κ1) is 18.3. The van der Waals surface area contributed by atoms with Crippen LogP contribution in [-0.2, 0) is 9.47 Å². The minimum atomic E-state index is 0.391. The molecule has 150 valence electrons. The van der Waals surface area contributed by atoms with Crippen molar-refractivity contribution in [1.82, 2.24) is 10.6 Å². The summed E-state index contributed by atoms with van der Waals surface area (Å²) in [6.07, 6.45) is 16.7. The van der Waals surface area contributed by atoms with E-state index < -0.39 is 0 Å². The van der Waals surface area contributed by atoms with Gasteiger partial charge >= 0.3 is 0 Å². The number of nitrogens with one attached hydrogen (secondary N) is 2. The molecule has 0 aromatic heterocycles. The highest BCUT2D eigenvalue weighted by molar-refractivity contribution is 5.60. The number of hydrogen-bond donors (Lipinski definition) is 2. The van der Waals surface area contributed by atoms with Crippen LogP contribution in [0.15, 0.2) is 16.6 Å². The summed E-state index contributed by atoms with van der Waals surface area (Å²) in [7, 11) is 0. The molecule has 0 amide bonds.